The lowest BCUT2D eigenvalue weighted by molar-refractivity contribution is 0.577. The molecule has 0 spiro atoms. The first kappa shape index (κ1) is 15.8. The molecule has 1 heterocycles. The molecule has 0 radical (unpaired) electrons. The van der Waals surface area contributed by atoms with E-state index >= 15 is 0 Å². The number of aryl methyl sites for hydroxylation is 1. The Morgan fingerprint density at radius 3 is 2.81 bits per heavy atom. The Kier molecular flexibility index (Phi) is 4.57. The largest absolute Gasteiger partial charge is 0.389 e. The maximum Gasteiger partial charge on any atom is 0.242 e. The van der Waals surface area contributed by atoms with Crippen molar-refractivity contribution in [3.8, 4) is 0 Å². The first-order valence-corrected chi connectivity index (χ1v) is 8.00. The summed E-state index contributed by atoms with van der Waals surface area (Å²) in [5.74, 6) is 0.472. The summed E-state index contributed by atoms with van der Waals surface area (Å²) in [6.07, 6.45) is 1.48. The predicted octanol–water partition coefficient (Wildman–Crippen LogP) is 0.581. The smallest absolute Gasteiger partial charge is 0.242 e. The molecule has 0 saturated heterocycles. The fourth-order valence-electron chi connectivity index (χ4n) is 1.57. The van der Waals surface area contributed by atoms with Crippen molar-refractivity contribution in [2.45, 2.75) is 11.4 Å². The number of sulfonamides is 1. The monoisotopic (exact) mass is 345 g/mol. The Morgan fingerprint density at radius 2 is 2.24 bits per heavy atom. The van der Waals surface area contributed by atoms with E-state index < -0.39 is 10.0 Å². The van der Waals surface area contributed by atoms with Crippen LogP contribution in [0.25, 0.3) is 0 Å². The molecule has 0 atom stereocenters. The molecular formula is C11H12ClN5O2S2. The minimum atomic E-state index is -3.82. The second-order valence-corrected chi connectivity index (χ2v) is 6.77. The summed E-state index contributed by atoms with van der Waals surface area (Å²) < 4.78 is 28.6. The molecule has 0 amide bonds. The first-order valence-electron chi connectivity index (χ1n) is 5.73. The summed E-state index contributed by atoms with van der Waals surface area (Å²) in [5, 5.41) is 7.55. The maximum atomic E-state index is 12.3. The second kappa shape index (κ2) is 6.06. The highest BCUT2D eigenvalue weighted by Crippen LogP contribution is 2.22. The number of nitrogens with two attached hydrogens (primary N) is 1. The number of rotatable bonds is 5. The number of benzene rings is 1. The van der Waals surface area contributed by atoms with Crippen LogP contribution in [-0.2, 0) is 23.6 Å². The highest BCUT2D eigenvalue weighted by Gasteiger charge is 2.19. The topological polar surface area (TPSA) is 103 Å². The van der Waals surface area contributed by atoms with Crippen LogP contribution in [0.1, 0.15) is 11.4 Å². The summed E-state index contributed by atoms with van der Waals surface area (Å²) in [4.78, 5) is 0.00746. The Morgan fingerprint density at radius 1 is 1.52 bits per heavy atom. The van der Waals surface area contributed by atoms with E-state index in [1.54, 1.807) is 17.7 Å². The van der Waals surface area contributed by atoms with E-state index in [1.165, 1.54) is 18.5 Å². The van der Waals surface area contributed by atoms with E-state index in [1.807, 2.05) is 0 Å². The quantitative estimate of drug-likeness (QED) is 0.768. The Labute approximate surface area is 132 Å². The molecule has 112 valence electrons. The van der Waals surface area contributed by atoms with Crippen LogP contribution in [0.4, 0.5) is 0 Å². The molecule has 0 aliphatic carbocycles. The maximum absolute atomic E-state index is 12.3. The average molecular weight is 346 g/mol. The molecule has 0 saturated carbocycles. The van der Waals surface area contributed by atoms with Crippen LogP contribution in [0.15, 0.2) is 29.4 Å². The molecule has 7 nitrogen and oxygen atoms in total. The van der Waals surface area contributed by atoms with Crippen molar-refractivity contribution >= 4 is 38.8 Å². The molecular weight excluding hydrogens is 334 g/mol. The fourth-order valence-corrected chi connectivity index (χ4v) is 3.20. The van der Waals surface area contributed by atoms with Crippen molar-refractivity contribution in [1.82, 2.24) is 19.5 Å². The van der Waals surface area contributed by atoms with Crippen LogP contribution in [0.5, 0.6) is 0 Å². The highest BCUT2D eigenvalue weighted by atomic mass is 35.5. The molecule has 1 aromatic heterocycles. The molecule has 2 rings (SSSR count). The Balaban J connectivity index is 2.29. The first-order chi connectivity index (χ1) is 9.81. The zero-order valence-corrected chi connectivity index (χ0v) is 13.3. The molecule has 21 heavy (non-hydrogen) atoms. The fraction of sp³-hybridized carbons (Fsp3) is 0.182. The van der Waals surface area contributed by atoms with Gasteiger partial charge in [0.25, 0.3) is 0 Å². The molecule has 0 bridgehead atoms. The Bertz CT molecular complexity index is 788. The van der Waals surface area contributed by atoms with Gasteiger partial charge in [0, 0.05) is 12.6 Å². The summed E-state index contributed by atoms with van der Waals surface area (Å²) in [6, 6.07) is 4.34. The summed E-state index contributed by atoms with van der Waals surface area (Å²) in [7, 11) is -2.11. The van der Waals surface area contributed by atoms with Crippen molar-refractivity contribution in [3.05, 3.63) is 40.9 Å². The van der Waals surface area contributed by atoms with Crippen LogP contribution >= 0.6 is 23.8 Å². The number of hydrogen-bond donors (Lipinski definition) is 2. The average Bonchev–Trinajstić information content (AvgIpc) is 2.82. The van der Waals surface area contributed by atoms with Gasteiger partial charge in [-0.05, 0) is 12.1 Å². The third-order valence-electron chi connectivity index (χ3n) is 2.73. The number of hydrogen-bond acceptors (Lipinski definition) is 5. The highest BCUT2D eigenvalue weighted by molar-refractivity contribution is 7.89. The van der Waals surface area contributed by atoms with Gasteiger partial charge in [-0.1, -0.05) is 29.9 Å². The van der Waals surface area contributed by atoms with E-state index in [4.69, 9.17) is 29.6 Å². The number of aromatic nitrogens is 3. The van der Waals surface area contributed by atoms with Crippen molar-refractivity contribution in [2.75, 3.05) is 0 Å². The third kappa shape index (κ3) is 3.56. The zero-order chi connectivity index (χ0) is 15.6. The number of nitrogens with zero attached hydrogens (tertiary/aromatic N) is 3. The minimum Gasteiger partial charge on any atom is -0.389 e. The van der Waals surface area contributed by atoms with Crippen molar-refractivity contribution < 1.29 is 8.42 Å². The van der Waals surface area contributed by atoms with Gasteiger partial charge in [-0.2, -0.15) is 0 Å². The van der Waals surface area contributed by atoms with E-state index in [9.17, 15) is 8.42 Å². The van der Waals surface area contributed by atoms with E-state index in [0.717, 1.165) is 0 Å². The van der Waals surface area contributed by atoms with Crippen molar-refractivity contribution in [3.63, 3.8) is 0 Å². The molecule has 3 N–H and O–H groups in total. The lowest BCUT2D eigenvalue weighted by Crippen LogP contribution is -2.25. The van der Waals surface area contributed by atoms with Crippen LogP contribution in [0.2, 0.25) is 5.02 Å². The molecule has 0 aliphatic rings. The minimum absolute atomic E-state index is 0.00748. The molecule has 10 heteroatoms. The van der Waals surface area contributed by atoms with Gasteiger partial charge in [0.05, 0.1) is 11.6 Å². The van der Waals surface area contributed by atoms with Gasteiger partial charge >= 0.3 is 0 Å². The van der Waals surface area contributed by atoms with Gasteiger partial charge in [-0.15, -0.1) is 10.2 Å². The molecule has 0 fully saturated rings. The van der Waals surface area contributed by atoms with E-state index in [-0.39, 0.29) is 21.5 Å². The van der Waals surface area contributed by atoms with Gasteiger partial charge in [0.15, 0.2) is 0 Å². The van der Waals surface area contributed by atoms with Gasteiger partial charge in [0.1, 0.15) is 22.0 Å². The Hall–Kier alpha value is -1.55. The molecule has 0 unspecified atom stereocenters. The number of nitrogens with one attached hydrogen (secondary N) is 1. The third-order valence-corrected chi connectivity index (χ3v) is 4.85. The van der Waals surface area contributed by atoms with Crippen molar-refractivity contribution in [2.24, 2.45) is 12.8 Å². The van der Waals surface area contributed by atoms with Crippen LogP contribution in [0, 0.1) is 0 Å². The number of halogens is 1. The lowest BCUT2D eigenvalue weighted by Gasteiger charge is -2.09. The van der Waals surface area contributed by atoms with Gasteiger partial charge in [0.2, 0.25) is 10.0 Å². The standard InChI is InChI=1S/C11H12ClN5O2S2/c1-17-6-14-16-10(17)5-15-21(18,19)9-4-7(11(13)20)2-3-8(9)12/h2-4,6,15H,5H2,1H3,(H2,13,20). The second-order valence-electron chi connectivity index (χ2n) is 4.19. The summed E-state index contributed by atoms with van der Waals surface area (Å²) >= 11 is 10.8. The number of thiocarbonyl (C=S) groups is 1. The van der Waals surface area contributed by atoms with Crippen LogP contribution in [0.3, 0.4) is 0 Å². The van der Waals surface area contributed by atoms with E-state index in [0.29, 0.717) is 11.4 Å². The molecule has 0 aliphatic heterocycles. The molecule has 2 aromatic rings. The summed E-state index contributed by atoms with van der Waals surface area (Å²) in [5.41, 5.74) is 5.92. The zero-order valence-electron chi connectivity index (χ0n) is 10.9. The van der Waals surface area contributed by atoms with Crippen molar-refractivity contribution in [1.29, 1.82) is 0 Å². The summed E-state index contributed by atoms with van der Waals surface area (Å²) in [6.45, 7) is -0.00748. The predicted molar refractivity (Wildman–Crippen MR) is 82.4 cm³/mol. The van der Waals surface area contributed by atoms with Crippen LogP contribution in [-0.4, -0.2) is 28.2 Å². The normalized spacial score (nSPS) is 11.5. The lowest BCUT2D eigenvalue weighted by atomic mass is 10.2. The van der Waals surface area contributed by atoms with Crippen LogP contribution < -0.4 is 10.5 Å². The van der Waals surface area contributed by atoms with Gasteiger partial charge in [-0.25, -0.2) is 13.1 Å². The van der Waals surface area contributed by atoms with Gasteiger partial charge < -0.3 is 10.3 Å². The van der Waals surface area contributed by atoms with E-state index in [2.05, 4.69) is 14.9 Å². The molecule has 1 aromatic carbocycles. The van der Waals surface area contributed by atoms with Gasteiger partial charge in [-0.3, -0.25) is 0 Å². The SMILES string of the molecule is Cn1cnnc1CNS(=O)(=O)c1cc(C(N)=S)ccc1Cl.